The molecule has 0 aliphatic carbocycles. The van der Waals surface area contributed by atoms with Gasteiger partial charge in [0.15, 0.2) is 16.6 Å². The number of aromatic hydroxyl groups is 1. The second kappa shape index (κ2) is 5.16. The highest BCUT2D eigenvalue weighted by atomic mass is 32.1. The maximum atomic E-state index is 9.65. The molecule has 0 aliphatic rings. The third-order valence-electron chi connectivity index (χ3n) is 1.63. The van der Waals surface area contributed by atoms with Crippen LogP contribution in [-0.4, -0.2) is 23.5 Å². The minimum Gasteiger partial charge on any atom is -0.504 e. The van der Waals surface area contributed by atoms with Gasteiger partial charge in [0.25, 0.3) is 0 Å². The third-order valence-corrected chi connectivity index (χ3v) is 1.72. The molecule has 0 saturated carbocycles. The van der Waals surface area contributed by atoms with Crippen LogP contribution in [0.4, 0.5) is 0 Å². The lowest BCUT2D eigenvalue weighted by Crippen LogP contribution is -2.23. The highest BCUT2D eigenvalue weighted by Crippen LogP contribution is 2.27. The molecule has 0 radical (unpaired) electrons. The monoisotopic (exact) mass is 225 g/mol. The van der Waals surface area contributed by atoms with Crippen LogP contribution in [-0.2, 0) is 0 Å². The number of benzene rings is 1. The van der Waals surface area contributed by atoms with Gasteiger partial charge in [-0.15, -0.1) is 0 Å². The average molecular weight is 225 g/mol. The predicted molar refractivity (Wildman–Crippen MR) is 62.2 cm³/mol. The second-order valence-electron chi connectivity index (χ2n) is 2.63. The zero-order chi connectivity index (χ0) is 11.3. The topological polar surface area (TPSA) is 79.9 Å². The average Bonchev–Trinajstić information content (AvgIpc) is 2.20. The number of nitrogens with zero attached hydrogens (tertiary/aromatic N) is 1. The van der Waals surface area contributed by atoms with Gasteiger partial charge in [0, 0.05) is 5.56 Å². The third kappa shape index (κ3) is 3.10. The Balaban J connectivity index is 2.85. The number of hydrogen-bond donors (Lipinski definition) is 3. The van der Waals surface area contributed by atoms with Gasteiger partial charge < -0.3 is 15.6 Å². The van der Waals surface area contributed by atoms with Crippen LogP contribution in [0.5, 0.6) is 11.5 Å². The molecule has 0 unspecified atom stereocenters. The van der Waals surface area contributed by atoms with Crippen molar-refractivity contribution in [1.29, 1.82) is 0 Å². The Morgan fingerprint density at radius 1 is 1.67 bits per heavy atom. The van der Waals surface area contributed by atoms with Crippen molar-refractivity contribution in [2.24, 2.45) is 10.8 Å². The minimum absolute atomic E-state index is 0.0217. The first-order valence-electron chi connectivity index (χ1n) is 4.09. The quantitative estimate of drug-likeness (QED) is 0.398. The van der Waals surface area contributed by atoms with Crippen LogP contribution in [0.2, 0.25) is 0 Å². The van der Waals surface area contributed by atoms with E-state index in [1.165, 1.54) is 13.3 Å². The van der Waals surface area contributed by atoms with Crippen LogP contribution in [0.3, 0.4) is 0 Å². The molecule has 0 fully saturated rings. The molecule has 1 rings (SSSR count). The van der Waals surface area contributed by atoms with Crippen molar-refractivity contribution in [3.63, 3.8) is 0 Å². The van der Waals surface area contributed by atoms with Gasteiger partial charge in [-0.1, -0.05) is 6.07 Å². The lowest BCUT2D eigenvalue weighted by Gasteiger charge is -2.04. The van der Waals surface area contributed by atoms with Crippen LogP contribution < -0.4 is 15.9 Å². The molecule has 4 N–H and O–H groups in total. The summed E-state index contributed by atoms with van der Waals surface area (Å²) < 4.78 is 4.93. The normalized spacial score (nSPS) is 10.2. The van der Waals surface area contributed by atoms with E-state index in [0.29, 0.717) is 11.3 Å². The number of thiocarbonyl (C=S) groups is 1. The first-order valence-corrected chi connectivity index (χ1v) is 4.50. The Morgan fingerprint density at radius 2 is 2.40 bits per heavy atom. The van der Waals surface area contributed by atoms with Gasteiger partial charge in [0.05, 0.1) is 13.3 Å². The van der Waals surface area contributed by atoms with Gasteiger partial charge in [-0.25, -0.2) is 0 Å². The van der Waals surface area contributed by atoms with Crippen LogP contribution in [0.15, 0.2) is 23.3 Å². The van der Waals surface area contributed by atoms with Crippen molar-refractivity contribution in [3.8, 4) is 11.5 Å². The number of phenolic OH excluding ortho intramolecular Hbond substituents is 1. The Hall–Kier alpha value is -1.82. The Bertz CT molecular complexity index is 393. The maximum Gasteiger partial charge on any atom is 0.184 e. The van der Waals surface area contributed by atoms with Crippen LogP contribution in [0.1, 0.15) is 5.56 Å². The first kappa shape index (κ1) is 11.3. The van der Waals surface area contributed by atoms with Crippen molar-refractivity contribution in [2.45, 2.75) is 0 Å². The van der Waals surface area contributed by atoms with E-state index >= 15 is 0 Å². The maximum absolute atomic E-state index is 9.65. The standard InChI is InChI=1S/C9H11N3O2S/c1-14-7-4-2-3-6(8(7)13)5-11-12-9(10)15/h2-5,13H,1H3,(H3,10,12,15). The summed E-state index contributed by atoms with van der Waals surface area (Å²) >= 11 is 4.56. The molecule has 1 aromatic rings. The molecule has 0 saturated heterocycles. The summed E-state index contributed by atoms with van der Waals surface area (Å²) in [6.07, 6.45) is 1.40. The molecule has 0 aliphatic heterocycles. The van der Waals surface area contributed by atoms with Gasteiger partial charge in [-0.2, -0.15) is 5.10 Å². The molecule has 15 heavy (non-hydrogen) atoms. The number of hydrazone groups is 1. The van der Waals surface area contributed by atoms with Crippen molar-refractivity contribution < 1.29 is 9.84 Å². The van der Waals surface area contributed by atoms with Crippen molar-refractivity contribution >= 4 is 23.5 Å². The Labute approximate surface area is 92.5 Å². The highest BCUT2D eigenvalue weighted by Gasteiger charge is 2.04. The molecule has 0 heterocycles. The fraction of sp³-hybridized carbons (Fsp3) is 0.111. The second-order valence-corrected chi connectivity index (χ2v) is 3.07. The SMILES string of the molecule is COc1cccc(C=NNC(N)=S)c1O. The minimum atomic E-state index is 0.0217. The molecule has 6 heteroatoms. The first-order chi connectivity index (χ1) is 7.15. The summed E-state index contributed by atoms with van der Waals surface area (Å²) in [7, 11) is 1.48. The van der Waals surface area contributed by atoms with Gasteiger partial charge in [-0.3, -0.25) is 5.43 Å². The van der Waals surface area contributed by atoms with Gasteiger partial charge in [0.2, 0.25) is 0 Å². The van der Waals surface area contributed by atoms with Crippen molar-refractivity contribution in [1.82, 2.24) is 5.43 Å². The summed E-state index contributed by atoms with van der Waals surface area (Å²) in [5.41, 5.74) is 8.07. The van der Waals surface area contributed by atoms with E-state index in [9.17, 15) is 5.11 Å². The Morgan fingerprint density at radius 3 is 3.00 bits per heavy atom. The van der Waals surface area contributed by atoms with Crippen LogP contribution in [0, 0.1) is 0 Å². The number of ether oxygens (including phenoxy) is 1. The van der Waals surface area contributed by atoms with Crippen LogP contribution in [0.25, 0.3) is 0 Å². The number of para-hydroxylation sites is 1. The lowest BCUT2D eigenvalue weighted by atomic mass is 10.2. The molecular formula is C9H11N3O2S. The number of nitrogens with two attached hydrogens (primary N) is 1. The zero-order valence-electron chi connectivity index (χ0n) is 8.10. The number of hydrogen-bond acceptors (Lipinski definition) is 4. The molecule has 0 atom stereocenters. The van der Waals surface area contributed by atoms with Gasteiger partial charge in [0.1, 0.15) is 0 Å². The molecule has 80 valence electrons. The summed E-state index contributed by atoms with van der Waals surface area (Å²) in [4.78, 5) is 0. The number of rotatable bonds is 3. The molecular weight excluding hydrogens is 214 g/mol. The lowest BCUT2D eigenvalue weighted by molar-refractivity contribution is 0.373. The number of phenols is 1. The molecule has 1 aromatic carbocycles. The van der Waals surface area contributed by atoms with E-state index in [1.54, 1.807) is 18.2 Å². The van der Waals surface area contributed by atoms with E-state index in [4.69, 9.17) is 10.5 Å². The van der Waals surface area contributed by atoms with E-state index < -0.39 is 0 Å². The molecule has 0 aromatic heterocycles. The number of methoxy groups -OCH3 is 1. The largest absolute Gasteiger partial charge is 0.504 e. The summed E-state index contributed by atoms with van der Waals surface area (Å²) in [6, 6.07) is 5.07. The Kier molecular flexibility index (Phi) is 3.87. The predicted octanol–water partition coefficient (Wildman–Crippen LogP) is 0.568. The fourth-order valence-corrected chi connectivity index (χ4v) is 1.03. The summed E-state index contributed by atoms with van der Waals surface area (Å²) in [5.74, 6) is 0.405. The van der Waals surface area contributed by atoms with E-state index in [1.807, 2.05) is 0 Å². The molecule has 0 amide bonds. The van der Waals surface area contributed by atoms with E-state index in [0.717, 1.165) is 0 Å². The summed E-state index contributed by atoms with van der Waals surface area (Å²) in [6.45, 7) is 0. The van der Waals surface area contributed by atoms with E-state index in [-0.39, 0.29) is 10.9 Å². The van der Waals surface area contributed by atoms with E-state index in [2.05, 4.69) is 22.7 Å². The molecule has 5 nitrogen and oxygen atoms in total. The van der Waals surface area contributed by atoms with Crippen LogP contribution >= 0.6 is 12.2 Å². The molecule has 0 spiro atoms. The fourth-order valence-electron chi connectivity index (χ4n) is 0.974. The smallest absolute Gasteiger partial charge is 0.184 e. The highest BCUT2D eigenvalue weighted by molar-refractivity contribution is 7.80. The van der Waals surface area contributed by atoms with Crippen molar-refractivity contribution in [2.75, 3.05) is 7.11 Å². The number of nitrogens with one attached hydrogen (secondary N) is 1. The van der Waals surface area contributed by atoms with Crippen molar-refractivity contribution in [3.05, 3.63) is 23.8 Å². The summed E-state index contributed by atoms with van der Waals surface area (Å²) in [5, 5.41) is 13.4. The molecule has 0 bridgehead atoms. The van der Waals surface area contributed by atoms with Gasteiger partial charge in [-0.05, 0) is 24.4 Å². The van der Waals surface area contributed by atoms with Gasteiger partial charge >= 0.3 is 0 Å². The zero-order valence-corrected chi connectivity index (χ0v) is 8.91.